The van der Waals surface area contributed by atoms with Crippen LogP contribution >= 0.6 is 27.5 Å². The first-order chi connectivity index (χ1) is 10.6. The maximum Gasteiger partial charge on any atom is 0.126 e. The SMILES string of the molecule is NC1CCC(Nc2cc(-c3cncc(Br)c3)c(Cl)cn2)CC1. The van der Waals surface area contributed by atoms with Crippen LogP contribution in [0.3, 0.4) is 0 Å². The number of pyridine rings is 2. The van der Waals surface area contributed by atoms with Crippen LogP contribution in [0.15, 0.2) is 35.2 Å². The van der Waals surface area contributed by atoms with Gasteiger partial charge in [-0.3, -0.25) is 4.98 Å². The number of hydrogen-bond acceptors (Lipinski definition) is 4. The largest absolute Gasteiger partial charge is 0.367 e. The number of rotatable bonds is 3. The quantitative estimate of drug-likeness (QED) is 0.834. The van der Waals surface area contributed by atoms with E-state index in [0.29, 0.717) is 17.1 Å². The van der Waals surface area contributed by atoms with Gasteiger partial charge in [0.25, 0.3) is 0 Å². The van der Waals surface area contributed by atoms with Gasteiger partial charge >= 0.3 is 0 Å². The van der Waals surface area contributed by atoms with Crippen LogP contribution < -0.4 is 11.1 Å². The topological polar surface area (TPSA) is 63.8 Å². The highest BCUT2D eigenvalue weighted by molar-refractivity contribution is 9.10. The summed E-state index contributed by atoms with van der Waals surface area (Å²) in [5, 5.41) is 4.12. The van der Waals surface area contributed by atoms with E-state index in [4.69, 9.17) is 17.3 Å². The zero-order valence-corrected chi connectivity index (χ0v) is 14.4. The highest BCUT2D eigenvalue weighted by atomic mass is 79.9. The van der Waals surface area contributed by atoms with Gasteiger partial charge in [-0.1, -0.05) is 11.6 Å². The molecule has 0 aromatic carbocycles. The molecule has 2 aromatic rings. The summed E-state index contributed by atoms with van der Waals surface area (Å²) in [6.45, 7) is 0. The minimum absolute atomic E-state index is 0.347. The molecule has 0 atom stereocenters. The maximum absolute atomic E-state index is 6.30. The van der Waals surface area contributed by atoms with E-state index in [9.17, 15) is 0 Å². The smallest absolute Gasteiger partial charge is 0.126 e. The second-order valence-corrected chi connectivity index (χ2v) is 7.02. The van der Waals surface area contributed by atoms with Gasteiger partial charge < -0.3 is 11.1 Å². The molecule has 22 heavy (non-hydrogen) atoms. The molecular formula is C16H18BrClN4. The van der Waals surface area contributed by atoms with E-state index in [1.165, 1.54) is 0 Å². The predicted octanol–water partition coefficient (Wildman–Crippen LogP) is 4.24. The molecule has 6 heteroatoms. The van der Waals surface area contributed by atoms with Crippen molar-refractivity contribution >= 4 is 33.3 Å². The lowest BCUT2D eigenvalue weighted by Crippen LogP contribution is -2.33. The second kappa shape index (κ2) is 6.94. The maximum atomic E-state index is 6.30. The fourth-order valence-electron chi connectivity index (χ4n) is 2.77. The summed E-state index contributed by atoms with van der Waals surface area (Å²) >= 11 is 9.73. The van der Waals surface area contributed by atoms with E-state index in [1.807, 2.05) is 12.1 Å². The third-order valence-electron chi connectivity index (χ3n) is 4.00. The Labute approximate surface area is 143 Å². The third-order valence-corrected chi connectivity index (χ3v) is 4.73. The van der Waals surface area contributed by atoms with Crippen LogP contribution in [0.5, 0.6) is 0 Å². The van der Waals surface area contributed by atoms with Gasteiger partial charge in [-0.25, -0.2) is 4.98 Å². The summed E-state index contributed by atoms with van der Waals surface area (Å²) in [7, 11) is 0. The number of nitrogens with one attached hydrogen (secondary N) is 1. The molecule has 1 fully saturated rings. The van der Waals surface area contributed by atoms with Crippen molar-refractivity contribution in [3.63, 3.8) is 0 Å². The first-order valence-corrected chi connectivity index (χ1v) is 8.57. The Kier molecular flexibility index (Phi) is 4.96. The number of aromatic nitrogens is 2. The Balaban J connectivity index is 1.81. The number of nitrogens with two attached hydrogens (primary N) is 1. The number of anilines is 1. The lowest BCUT2D eigenvalue weighted by molar-refractivity contribution is 0.410. The predicted molar refractivity (Wildman–Crippen MR) is 94.0 cm³/mol. The number of nitrogens with zero attached hydrogens (tertiary/aromatic N) is 2. The Morgan fingerprint density at radius 1 is 1.14 bits per heavy atom. The van der Waals surface area contributed by atoms with Crippen molar-refractivity contribution in [2.24, 2.45) is 5.73 Å². The van der Waals surface area contributed by atoms with Crippen molar-refractivity contribution < 1.29 is 0 Å². The van der Waals surface area contributed by atoms with E-state index in [-0.39, 0.29) is 0 Å². The van der Waals surface area contributed by atoms with E-state index in [0.717, 1.165) is 47.1 Å². The lowest BCUT2D eigenvalue weighted by Gasteiger charge is -2.27. The van der Waals surface area contributed by atoms with Gasteiger partial charge in [0.15, 0.2) is 0 Å². The molecule has 1 aliphatic carbocycles. The Morgan fingerprint density at radius 3 is 2.64 bits per heavy atom. The monoisotopic (exact) mass is 380 g/mol. The van der Waals surface area contributed by atoms with Crippen molar-refractivity contribution in [2.45, 2.75) is 37.8 Å². The zero-order chi connectivity index (χ0) is 15.5. The Hall–Kier alpha value is -1.17. The molecule has 116 valence electrons. The molecule has 0 spiro atoms. The van der Waals surface area contributed by atoms with Crippen molar-refractivity contribution in [3.05, 3.63) is 40.2 Å². The van der Waals surface area contributed by atoms with Gasteiger partial charge in [0.1, 0.15) is 5.82 Å². The minimum atomic E-state index is 0.347. The fourth-order valence-corrected chi connectivity index (χ4v) is 3.35. The summed E-state index contributed by atoms with van der Waals surface area (Å²) in [6, 6.07) is 4.76. The van der Waals surface area contributed by atoms with Gasteiger partial charge in [-0.2, -0.15) is 0 Å². The van der Waals surface area contributed by atoms with Gasteiger partial charge in [0.2, 0.25) is 0 Å². The van der Waals surface area contributed by atoms with Crippen LogP contribution in [0.1, 0.15) is 25.7 Å². The summed E-state index contributed by atoms with van der Waals surface area (Å²) < 4.78 is 0.925. The van der Waals surface area contributed by atoms with Crippen molar-refractivity contribution in [3.8, 4) is 11.1 Å². The standard InChI is InChI=1S/C16H18BrClN4/c17-11-5-10(7-20-8-11)14-6-16(21-9-15(14)18)22-13-3-1-12(19)2-4-13/h5-9,12-13H,1-4,19H2,(H,21,22). The second-order valence-electron chi connectivity index (χ2n) is 5.70. The average Bonchev–Trinajstić information content (AvgIpc) is 2.51. The lowest BCUT2D eigenvalue weighted by atomic mass is 9.92. The first kappa shape index (κ1) is 15.7. The van der Waals surface area contributed by atoms with Crippen LogP contribution in [0.4, 0.5) is 5.82 Å². The van der Waals surface area contributed by atoms with Gasteiger partial charge in [-0.15, -0.1) is 0 Å². The van der Waals surface area contributed by atoms with Gasteiger partial charge in [0, 0.05) is 46.3 Å². The molecule has 3 rings (SSSR count). The number of hydrogen-bond donors (Lipinski definition) is 2. The van der Waals surface area contributed by atoms with E-state index in [1.54, 1.807) is 18.6 Å². The van der Waals surface area contributed by atoms with Crippen molar-refractivity contribution in [1.29, 1.82) is 0 Å². The van der Waals surface area contributed by atoms with Gasteiger partial charge in [-0.05, 0) is 53.7 Å². The molecule has 0 aliphatic heterocycles. The van der Waals surface area contributed by atoms with Gasteiger partial charge in [0.05, 0.1) is 5.02 Å². The summed E-state index contributed by atoms with van der Waals surface area (Å²) in [5.74, 6) is 0.847. The Bertz CT molecular complexity index is 656. The summed E-state index contributed by atoms with van der Waals surface area (Å²) in [5.41, 5.74) is 7.85. The van der Waals surface area contributed by atoms with Crippen molar-refractivity contribution in [2.75, 3.05) is 5.32 Å². The molecule has 3 N–H and O–H groups in total. The fraction of sp³-hybridized carbons (Fsp3) is 0.375. The Morgan fingerprint density at radius 2 is 1.91 bits per heavy atom. The molecular weight excluding hydrogens is 364 g/mol. The van der Waals surface area contributed by atoms with Crippen LogP contribution in [0, 0.1) is 0 Å². The molecule has 1 aliphatic rings. The molecule has 0 bridgehead atoms. The molecule has 4 nitrogen and oxygen atoms in total. The molecule has 0 unspecified atom stereocenters. The average molecular weight is 382 g/mol. The number of halogens is 2. The molecule has 0 saturated heterocycles. The molecule has 0 radical (unpaired) electrons. The zero-order valence-electron chi connectivity index (χ0n) is 12.1. The highest BCUT2D eigenvalue weighted by Crippen LogP contribution is 2.31. The molecule has 1 saturated carbocycles. The first-order valence-electron chi connectivity index (χ1n) is 7.40. The van der Waals surface area contributed by atoms with E-state index < -0.39 is 0 Å². The van der Waals surface area contributed by atoms with E-state index >= 15 is 0 Å². The summed E-state index contributed by atoms with van der Waals surface area (Å²) in [6.07, 6.45) is 9.53. The molecule has 2 aromatic heterocycles. The third kappa shape index (κ3) is 3.77. The normalized spacial score (nSPS) is 21.6. The van der Waals surface area contributed by atoms with Crippen LogP contribution in [0.2, 0.25) is 5.02 Å². The van der Waals surface area contributed by atoms with E-state index in [2.05, 4.69) is 31.2 Å². The minimum Gasteiger partial charge on any atom is -0.367 e. The van der Waals surface area contributed by atoms with Crippen LogP contribution in [-0.2, 0) is 0 Å². The van der Waals surface area contributed by atoms with Crippen LogP contribution in [-0.4, -0.2) is 22.1 Å². The highest BCUT2D eigenvalue weighted by Gasteiger charge is 2.19. The summed E-state index contributed by atoms with van der Waals surface area (Å²) in [4.78, 5) is 8.59. The molecule has 0 amide bonds. The molecule has 2 heterocycles. The van der Waals surface area contributed by atoms with Crippen LogP contribution in [0.25, 0.3) is 11.1 Å². The van der Waals surface area contributed by atoms with Crippen molar-refractivity contribution in [1.82, 2.24) is 9.97 Å².